The fraction of sp³-hybridized carbons (Fsp3) is 0.364. The van der Waals surface area contributed by atoms with E-state index in [0.29, 0.717) is 0 Å². The largest absolute Gasteiger partial charge is 0.864 e. The van der Waals surface area contributed by atoms with Crippen molar-refractivity contribution in [2.75, 3.05) is 27.2 Å². The van der Waals surface area contributed by atoms with Gasteiger partial charge in [0.15, 0.2) is 0 Å². The fourth-order valence-electron chi connectivity index (χ4n) is 4.73. The molecular formula is C33H25BF18NO5+. The lowest BCUT2D eigenvalue weighted by Gasteiger charge is -2.32. The Hall–Kier alpha value is -4.97. The zero-order valence-corrected chi connectivity index (χ0v) is 29.3. The second kappa shape index (κ2) is 16.4. The Morgan fingerprint density at radius 3 is 1.26 bits per heavy atom. The number of esters is 1. The molecule has 0 atom stereocenters. The van der Waals surface area contributed by atoms with Crippen molar-refractivity contribution in [3.63, 3.8) is 0 Å². The van der Waals surface area contributed by atoms with Crippen molar-refractivity contribution in [2.45, 2.75) is 50.5 Å². The Kier molecular flexibility index (Phi) is 13.4. The minimum absolute atomic E-state index is 0.111. The van der Waals surface area contributed by atoms with Crippen molar-refractivity contribution < 1.29 is 107 Å². The average Bonchev–Trinajstić information content (AvgIpc) is 3.02. The predicted octanol–water partition coefficient (Wildman–Crippen LogP) is 11.0. The van der Waals surface area contributed by atoms with Gasteiger partial charge >= 0.3 is 50.3 Å². The second-order valence-electron chi connectivity index (χ2n) is 12.9. The van der Waals surface area contributed by atoms with Crippen LogP contribution in [-0.2, 0) is 53.1 Å². The maximum atomic E-state index is 14.5. The number of hydrogen-bond donors (Lipinski definition) is 0. The van der Waals surface area contributed by atoms with Gasteiger partial charge < -0.3 is 23.2 Å². The minimum atomic E-state index is -5.72. The van der Waals surface area contributed by atoms with Gasteiger partial charge in [-0.2, -0.15) is 79.0 Å². The number of carbonyl (C=O) groups is 1. The highest BCUT2D eigenvalue weighted by Crippen LogP contribution is 2.44. The van der Waals surface area contributed by atoms with Crippen LogP contribution < -0.4 is 14.0 Å². The van der Waals surface area contributed by atoms with E-state index in [1.807, 2.05) is 0 Å². The lowest BCUT2D eigenvalue weighted by atomic mass is 9.99. The predicted molar refractivity (Wildman–Crippen MR) is 163 cm³/mol. The van der Waals surface area contributed by atoms with Crippen LogP contribution in [0.4, 0.5) is 79.0 Å². The minimum Gasteiger partial charge on any atom is -0.490 e. The first-order valence-electron chi connectivity index (χ1n) is 15.5. The highest BCUT2D eigenvalue weighted by atomic mass is 19.4. The lowest BCUT2D eigenvalue weighted by molar-refractivity contribution is -0.903. The second-order valence-corrected chi connectivity index (χ2v) is 12.9. The van der Waals surface area contributed by atoms with Crippen LogP contribution in [0, 0.1) is 0 Å². The summed E-state index contributed by atoms with van der Waals surface area (Å²) >= 11 is 0. The Balaban J connectivity index is 2.36. The summed E-state index contributed by atoms with van der Waals surface area (Å²) in [5.74, 6) is -5.87. The third kappa shape index (κ3) is 13.0. The Morgan fingerprint density at radius 1 is 0.569 bits per heavy atom. The van der Waals surface area contributed by atoms with Gasteiger partial charge in [0.25, 0.3) is 0 Å². The number of hydrogen-bond acceptors (Lipinski definition) is 5. The van der Waals surface area contributed by atoms with Crippen molar-refractivity contribution in [1.29, 1.82) is 0 Å². The zero-order valence-electron chi connectivity index (χ0n) is 29.3. The lowest BCUT2D eigenvalue weighted by Crippen LogP contribution is -2.43. The normalized spacial score (nSPS) is 13.3. The molecule has 3 aromatic rings. The smallest absolute Gasteiger partial charge is 0.490 e. The molecule has 0 saturated heterocycles. The summed E-state index contributed by atoms with van der Waals surface area (Å²) < 4.78 is 268. The highest BCUT2D eigenvalue weighted by Gasteiger charge is 2.45. The van der Waals surface area contributed by atoms with Gasteiger partial charge in [0.2, 0.25) is 0 Å². The van der Waals surface area contributed by atoms with Crippen LogP contribution >= 0.6 is 0 Å². The first kappa shape index (κ1) is 47.4. The highest BCUT2D eigenvalue weighted by molar-refractivity contribution is 6.39. The molecule has 0 N–H and O–H groups in total. The van der Waals surface area contributed by atoms with Crippen molar-refractivity contribution in [1.82, 2.24) is 0 Å². The Morgan fingerprint density at radius 2 is 0.931 bits per heavy atom. The molecule has 58 heavy (non-hydrogen) atoms. The first-order valence-corrected chi connectivity index (χ1v) is 15.5. The van der Waals surface area contributed by atoms with Crippen molar-refractivity contribution in [2.24, 2.45) is 0 Å². The standard InChI is InChI=1S/C33H25BF18NO5/c1-16(2)27(54)55-6-5-53(3,4)15-24-25(33(50,51)52)13-21(32(47,48)49)14-26(24)58-34(56-22-9-17(28(35,36)37)7-18(10-22)29(38,39)40)57-23-11-19(30(41,42)43)8-20(12-23)31(44,45)46/h7-14H,1,5-6,15H2,2-4H3/q+1. The number of benzene rings is 3. The Labute approximate surface area is 315 Å². The molecular weight excluding hydrogens is 843 g/mol. The van der Waals surface area contributed by atoms with Gasteiger partial charge in [-0.25, -0.2) is 4.79 Å². The van der Waals surface area contributed by atoms with E-state index in [9.17, 15) is 83.8 Å². The maximum Gasteiger partial charge on any atom is 0.864 e. The van der Waals surface area contributed by atoms with Gasteiger partial charge in [0.1, 0.15) is 36.9 Å². The molecule has 0 aliphatic rings. The van der Waals surface area contributed by atoms with E-state index < -0.39 is 149 Å². The summed E-state index contributed by atoms with van der Waals surface area (Å²) in [4.78, 5) is 11.8. The topological polar surface area (TPSA) is 54.0 Å². The third-order valence-corrected chi connectivity index (χ3v) is 7.52. The quantitative estimate of drug-likeness (QED) is 0.0597. The fourth-order valence-corrected chi connectivity index (χ4v) is 4.73. The molecule has 0 unspecified atom stereocenters. The van der Waals surface area contributed by atoms with Crippen LogP contribution in [-0.4, -0.2) is 45.0 Å². The summed E-state index contributed by atoms with van der Waals surface area (Å²) in [6, 6.07) is -2.38. The van der Waals surface area contributed by atoms with Gasteiger partial charge in [0, 0.05) is 5.57 Å². The van der Waals surface area contributed by atoms with E-state index in [4.69, 9.17) is 18.7 Å². The molecule has 0 spiro atoms. The van der Waals surface area contributed by atoms with Gasteiger partial charge in [-0.3, -0.25) is 0 Å². The molecule has 6 nitrogen and oxygen atoms in total. The monoisotopic (exact) mass is 868 g/mol. The summed E-state index contributed by atoms with van der Waals surface area (Å²) in [6.45, 7) is 2.51. The van der Waals surface area contributed by atoms with E-state index >= 15 is 0 Å². The Bertz CT molecular complexity index is 1840. The van der Waals surface area contributed by atoms with Crippen LogP contribution in [0.15, 0.2) is 60.7 Å². The van der Waals surface area contributed by atoms with Gasteiger partial charge in [-0.05, 0) is 55.5 Å². The molecule has 320 valence electrons. The molecule has 3 rings (SSSR count). The summed E-state index contributed by atoms with van der Waals surface area (Å²) in [5, 5.41) is 0. The molecule has 0 fully saturated rings. The third-order valence-electron chi connectivity index (χ3n) is 7.52. The van der Waals surface area contributed by atoms with Crippen LogP contribution in [0.5, 0.6) is 17.2 Å². The number of likely N-dealkylation sites (N-methyl/N-ethyl adjacent to an activating group) is 1. The molecule has 0 aliphatic heterocycles. The summed E-state index contributed by atoms with van der Waals surface area (Å²) in [6.07, 6.45) is -33.8. The van der Waals surface area contributed by atoms with Crippen molar-refractivity contribution >= 4 is 13.3 Å². The van der Waals surface area contributed by atoms with E-state index in [2.05, 4.69) is 6.58 Å². The number of alkyl halides is 18. The summed E-state index contributed by atoms with van der Waals surface area (Å²) in [7, 11) is -1.06. The van der Waals surface area contributed by atoms with Crippen molar-refractivity contribution in [3.8, 4) is 17.2 Å². The van der Waals surface area contributed by atoms with Crippen LogP contribution in [0.2, 0.25) is 0 Å². The van der Waals surface area contributed by atoms with E-state index in [0.717, 1.165) is 14.1 Å². The molecule has 0 radical (unpaired) electrons. The molecule has 0 aliphatic carbocycles. The van der Waals surface area contributed by atoms with Gasteiger partial charge in [-0.15, -0.1) is 0 Å². The number of quaternary nitrogens is 1. The molecule has 0 aromatic heterocycles. The number of rotatable bonds is 12. The molecule has 0 amide bonds. The maximum absolute atomic E-state index is 14.5. The van der Waals surface area contributed by atoms with Crippen LogP contribution in [0.1, 0.15) is 45.9 Å². The number of nitrogens with zero attached hydrogens (tertiary/aromatic N) is 1. The number of carbonyl (C=O) groups excluding carboxylic acids is 1. The first-order chi connectivity index (χ1) is 26.0. The van der Waals surface area contributed by atoms with E-state index in [-0.39, 0.29) is 35.9 Å². The number of halogens is 18. The average molecular weight is 868 g/mol. The molecule has 25 heteroatoms. The molecule has 0 bridgehead atoms. The SMILES string of the molecule is C=C(C)C(=O)OCC[N+](C)(C)Cc1c(OB(Oc2cc(C(F)(F)F)cc(C(F)(F)F)c2)Oc2cc(C(F)(F)F)cc(C(F)(F)F)c2)cc(C(F)(F)F)cc1C(F)(F)F. The zero-order chi connectivity index (χ0) is 44.6. The summed E-state index contributed by atoms with van der Waals surface area (Å²) in [5.41, 5.74) is -14.2. The van der Waals surface area contributed by atoms with Crippen LogP contribution in [0.3, 0.4) is 0 Å². The van der Waals surface area contributed by atoms with E-state index in [1.54, 1.807) is 0 Å². The number of ether oxygens (including phenoxy) is 1. The van der Waals surface area contributed by atoms with E-state index in [1.165, 1.54) is 6.92 Å². The van der Waals surface area contributed by atoms with Gasteiger partial charge in [-0.1, -0.05) is 6.58 Å². The molecule has 0 saturated carbocycles. The van der Waals surface area contributed by atoms with Crippen LogP contribution in [0.25, 0.3) is 0 Å². The van der Waals surface area contributed by atoms with Gasteiger partial charge in [0.05, 0.1) is 53.0 Å². The van der Waals surface area contributed by atoms with Crippen molar-refractivity contribution in [3.05, 3.63) is 99.6 Å². The molecule has 0 heterocycles. The molecule has 3 aromatic carbocycles.